The van der Waals surface area contributed by atoms with E-state index in [-0.39, 0.29) is 17.6 Å². The van der Waals surface area contributed by atoms with Crippen molar-refractivity contribution in [3.05, 3.63) is 40.8 Å². The zero-order valence-electron chi connectivity index (χ0n) is 12.8. The van der Waals surface area contributed by atoms with Gasteiger partial charge in [0.05, 0.1) is 17.4 Å². The second kappa shape index (κ2) is 4.99. The number of carbonyl (C=O) groups is 1. The van der Waals surface area contributed by atoms with Gasteiger partial charge in [0.1, 0.15) is 0 Å². The average Bonchev–Trinajstić information content (AvgIpc) is 3.02. The van der Waals surface area contributed by atoms with Crippen LogP contribution in [0.15, 0.2) is 12.1 Å². The van der Waals surface area contributed by atoms with Gasteiger partial charge in [-0.3, -0.25) is 9.58 Å². The summed E-state index contributed by atoms with van der Waals surface area (Å²) in [6.45, 7) is 0. The van der Waals surface area contributed by atoms with Gasteiger partial charge in [-0.05, 0) is 31.4 Å². The Kier molecular flexibility index (Phi) is 3.13. The topological polar surface area (TPSA) is 58.4 Å². The van der Waals surface area contributed by atoms with E-state index in [9.17, 15) is 23.1 Å². The summed E-state index contributed by atoms with van der Waals surface area (Å²) in [6, 6.07) is 1.38. The standard InChI is InChI=1S/C16H14F3N3O2/c1-21-15(7-4-10(17)13(19)11(18)5-7)9-6-8-2-3-12(14(9)20-21)22(8)16(23)24/h4-5,8,12H,2-3,6H2,1H3,(H,23,24)/t8-,12+/m1/s1. The second-order valence-corrected chi connectivity index (χ2v) is 6.23. The molecule has 1 fully saturated rings. The van der Waals surface area contributed by atoms with E-state index < -0.39 is 23.5 Å². The van der Waals surface area contributed by atoms with Crippen molar-refractivity contribution in [3.63, 3.8) is 0 Å². The third-order valence-electron chi connectivity index (χ3n) is 4.91. The number of nitrogens with zero attached hydrogens (tertiary/aromatic N) is 3. The Balaban J connectivity index is 1.87. The first-order valence-electron chi connectivity index (χ1n) is 7.60. The van der Waals surface area contributed by atoms with Crippen molar-refractivity contribution in [1.82, 2.24) is 14.7 Å². The smallest absolute Gasteiger partial charge is 0.408 e. The minimum Gasteiger partial charge on any atom is -0.465 e. The molecule has 1 saturated heterocycles. The zero-order valence-corrected chi connectivity index (χ0v) is 12.8. The maximum absolute atomic E-state index is 13.6. The molecule has 24 heavy (non-hydrogen) atoms. The minimum absolute atomic E-state index is 0.168. The van der Waals surface area contributed by atoms with Crippen LogP contribution in [0, 0.1) is 17.5 Å². The van der Waals surface area contributed by atoms with Crippen molar-refractivity contribution in [2.24, 2.45) is 7.05 Å². The molecule has 1 aromatic heterocycles. The number of rotatable bonds is 1. The van der Waals surface area contributed by atoms with E-state index in [1.165, 1.54) is 9.58 Å². The molecule has 1 N–H and O–H groups in total. The molecule has 5 nitrogen and oxygen atoms in total. The van der Waals surface area contributed by atoms with Gasteiger partial charge in [-0.2, -0.15) is 5.10 Å². The van der Waals surface area contributed by atoms with Crippen LogP contribution in [0.4, 0.5) is 18.0 Å². The molecule has 3 heterocycles. The minimum atomic E-state index is -1.51. The van der Waals surface area contributed by atoms with Crippen LogP contribution >= 0.6 is 0 Å². The fourth-order valence-electron chi connectivity index (χ4n) is 3.99. The number of halogens is 3. The quantitative estimate of drug-likeness (QED) is 0.813. The lowest BCUT2D eigenvalue weighted by molar-refractivity contribution is 0.116. The Hall–Kier alpha value is -2.51. The first-order chi connectivity index (χ1) is 11.4. The van der Waals surface area contributed by atoms with E-state index in [2.05, 4.69) is 5.10 Å². The Labute approximate surface area is 135 Å². The monoisotopic (exact) mass is 337 g/mol. The molecule has 2 aliphatic heterocycles. The predicted molar refractivity (Wildman–Crippen MR) is 77.8 cm³/mol. The summed E-state index contributed by atoms with van der Waals surface area (Å²) in [5.74, 6) is -4.02. The molecule has 126 valence electrons. The molecule has 1 aromatic carbocycles. The summed E-state index contributed by atoms with van der Waals surface area (Å²) in [4.78, 5) is 12.9. The van der Waals surface area contributed by atoms with Crippen LogP contribution in [0.3, 0.4) is 0 Å². The lowest BCUT2D eigenvalue weighted by Gasteiger charge is -2.31. The van der Waals surface area contributed by atoms with Crippen LogP contribution in [0.1, 0.15) is 30.1 Å². The number of fused-ring (bicyclic) bond motifs is 4. The zero-order chi connectivity index (χ0) is 17.2. The van der Waals surface area contributed by atoms with Crippen molar-refractivity contribution in [1.29, 1.82) is 0 Å². The van der Waals surface area contributed by atoms with Gasteiger partial charge in [-0.15, -0.1) is 0 Å². The lowest BCUT2D eigenvalue weighted by atomic mass is 9.95. The maximum Gasteiger partial charge on any atom is 0.408 e. The lowest BCUT2D eigenvalue weighted by Crippen LogP contribution is -2.40. The third kappa shape index (κ3) is 1.95. The Bertz CT molecular complexity index is 841. The number of hydrogen-bond donors (Lipinski definition) is 1. The summed E-state index contributed by atoms with van der Waals surface area (Å²) in [5, 5.41) is 13.8. The molecule has 2 atom stereocenters. The van der Waals surface area contributed by atoms with E-state index in [0.29, 0.717) is 24.2 Å². The van der Waals surface area contributed by atoms with Gasteiger partial charge in [-0.25, -0.2) is 18.0 Å². The van der Waals surface area contributed by atoms with Gasteiger partial charge < -0.3 is 5.11 Å². The largest absolute Gasteiger partial charge is 0.465 e. The van der Waals surface area contributed by atoms with Crippen LogP contribution in [-0.4, -0.2) is 31.9 Å². The van der Waals surface area contributed by atoms with Crippen LogP contribution in [-0.2, 0) is 13.5 Å². The number of benzene rings is 1. The first kappa shape index (κ1) is 15.0. The van der Waals surface area contributed by atoms with Gasteiger partial charge in [0.15, 0.2) is 17.5 Å². The van der Waals surface area contributed by atoms with Crippen LogP contribution < -0.4 is 0 Å². The SMILES string of the molecule is Cn1nc2c(c1-c1cc(F)c(F)c(F)c1)C[C@H]1CC[C@@H]2N1C(=O)O. The maximum atomic E-state index is 13.6. The summed E-state index contributed by atoms with van der Waals surface area (Å²) in [7, 11) is 1.63. The normalized spacial score (nSPS) is 21.9. The van der Waals surface area contributed by atoms with Crippen molar-refractivity contribution in [2.45, 2.75) is 31.3 Å². The molecular weight excluding hydrogens is 323 g/mol. The highest BCUT2D eigenvalue weighted by molar-refractivity contribution is 5.71. The number of hydrogen-bond acceptors (Lipinski definition) is 2. The average molecular weight is 337 g/mol. The van der Waals surface area contributed by atoms with Crippen molar-refractivity contribution in [2.75, 3.05) is 0 Å². The molecular formula is C16H14F3N3O2. The first-order valence-corrected chi connectivity index (χ1v) is 7.60. The molecule has 0 radical (unpaired) electrons. The van der Waals surface area contributed by atoms with Gasteiger partial charge in [-0.1, -0.05) is 0 Å². The molecule has 1 amide bonds. The molecule has 8 heteroatoms. The second-order valence-electron chi connectivity index (χ2n) is 6.23. The summed E-state index contributed by atoms with van der Waals surface area (Å²) in [6.07, 6.45) is 0.844. The summed E-state index contributed by atoms with van der Waals surface area (Å²) in [5.41, 5.74) is 2.11. The van der Waals surface area contributed by atoms with Gasteiger partial charge in [0.25, 0.3) is 0 Å². The van der Waals surface area contributed by atoms with E-state index in [0.717, 1.165) is 24.1 Å². The Morgan fingerprint density at radius 3 is 2.54 bits per heavy atom. The Morgan fingerprint density at radius 2 is 1.92 bits per heavy atom. The van der Waals surface area contributed by atoms with E-state index in [1.54, 1.807) is 7.05 Å². The van der Waals surface area contributed by atoms with E-state index in [1.807, 2.05) is 0 Å². The molecule has 0 saturated carbocycles. The van der Waals surface area contributed by atoms with Crippen LogP contribution in [0.5, 0.6) is 0 Å². The highest BCUT2D eigenvalue weighted by atomic mass is 19.2. The molecule has 4 rings (SSSR count). The number of amides is 1. The van der Waals surface area contributed by atoms with Crippen LogP contribution in [0.2, 0.25) is 0 Å². The third-order valence-corrected chi connectivity index (χ3v) is 4.91. The fraction of sp³-hybridized carbons (Fsp3) is 0.375. The summed E-state index contributed by atoms with van der Waals surface area (Å²) < 4.78 is 41.9. The molecule has 0 aliphatic carbocycles. The number of aromatic nitrogens is 2. The molecule has 0 unspecified atom stereocenters. The molecule has 2 aromatic rings. The van der Waals surface area contributed by atoms with E-state index in [4.69, 9.17) is 0 Å². The van der Waals surface area contributed by atoms with Crippen LogP contribution in [0.25, 0.3) is 11.3 Å². The molecule has 0 spiro atoms. The molecule has 2 aliphatic rings. The summed E-state index contributed by atoms with van der Waals surface area (Å²) >= 11 is 0. The van der Waals surface area contributed by atoms with Gasteiger partial charge in [0.2, 0.25) is 0 Å². The van der Waals surface area contributed by atoms with E-state index >= 15 is 0 Å². The Morgan fingerprint density at radius 1 is 1.25 bits per heavy atom. The molecule has 2 bridgehead atoms. The van der Waals surface area contributed by atoms with Gasteiger partial charge >= 0.3 is 6.09 Å². The van der Waals surface area contributed by atoms with Crippen molar-refractivity contribution in [3.8, 4) is 11.3 Å². The number of aryl methyl sites for hydroxylation is 1. The van der Waals surface area contributed by atoms with Gasteiger partial charge in [0, 0.05) is 24.2 Å². The predicted octanol–water partition coefficient (Wildman–Crippen LogP) is 3.24. The highest BCUT2D eigenvalue weighted by Crippen LogP contribution is 2.46. The highest BCUT2D eigenvalue weighted by Gasteiger charge is 2.45. The fourth-order valence-corrected chi connectivity index (χ4v) is 3.99. The van der Waals surface area contributed by atoms with Crippen molar-refractivity contribution >= 4 is 6.09 Å². The number of carboxylic acid groups (broad SMARTS) is 1. The van der Waals surface area contributed by atoms with Crippen molar-refractivity contribution < 1.29 is 23.1 Å².